The van der Waals surface area contributed by atoms with Crippen LogP contribution in [0.1, 0.15) is 50.9 Å². The maximum Gasteiger partial charge on any atom is 0.165 e. The molecule has 0 saturated carbocycles. The van der Waals surface area contributed by atoms with Gasteiger partial charge in [-0.15, -0.1) is 0 Å². The van der Waals surface area contributed by atoms with Gasteiger partial charge in [0.05, 0.1) is 0 Å². The van der Waals surface area contributed by atoms with Gasteiger partial charge in [0.1, 0.15) is 0 Å². The molecule has 0 saturated heterocycles. The number of fused-ring (bicyclic) bond motifs is 1. The fourth-order valence-corrected chi connectivity index (χ4v) is 3.23. The number of benzene rings is 1. The first-order valence-electron chi connectivity index (χ1n) is 7.06. The Morgan fingerprint density at radius 3 is 2.70 bits per heavy atom. The van der Waals surface area contributed by atoms with Crippen molar-refractivity contribution in [3.8, 4) is 0 Å². The van der Waals surface area contributed by atoms with Crippen molar-refractivity contribution in [1.82, 2.24) is 4.98 Å². The number of nitrogens with one attached hydrogen (secondary N) is 1. The number of aromatic nitrogens is 1. The Balaban J connectivity index is 2.16. The molecule has 108 valence electrons. The quantitative estimate of drug-likeness (QED) is 0.727. The molecular formula is C17H22BrNO. The number of H-pyrrole nitrogens is 1. The SMILES string of the molecule is CC(CC(=O)c1c[nH]c2cc(Br)ccc12)CC(C)(C)C. The standard InChI is InChI=1S/C17H22BrNO/c1-11(9-17(2,3)4)7-16(20)14-10-19-15-8-12(18)5-6-13(14)15/h5-6,8,10-11,19H,7,9H2,1-4H3. The average molecular weight is 336 g/mol. The van der Waals surface area contributed by atoms with Crippen LogP contribution in [0.3, 0.4) is 0 Å². The van der Waals surface area contributed by atoms with E-state index in [0.717, 1.165) is 27.4 Å². The fraction of sp³-hybridized carbons (Fsp3) is 0.471. The van der Waals surface area contributed by atoms with Gasteiger partial charge in [0, 0.05) is 33.6 Å². The number of hydrogen-bond acceptors (Lipinski definition) is 1. The summed E-state index contributed by atoms with van der Waals surface area (Å²) in [5.41, 5.74) is 2.09. The molecule has 0 fully saturated rings. The van der Waals surface area contributed by atoms with Gasteiger partial charge in [-0.05, 0) is 29.9 Å². The van der Waals surface area contributed by atoms with Crippen LogP contribution in [0.15, 0.2) is 28.9 Å². The van der Waals surface area contributed by atoms with Crippen LogP contribution >= 0.6 is 15.9 Å². The summed E-state index contributed by atoms with van der Waals surface area (Å²) in [6.07, 6.45) is 3.51. The van der Waals surface area contributed by atoms with Crippen molar-refractivity contribution < 1.29 is 4.79 Å². The molecule has 1 N–H and O–H groups in total. The second-order valence-electron chi connectivity index (χ2n) is 6.89. The van der Waals surface area contributed by atoms with E-state index in [-0.39, 0.29) is 11.2 Å². The highest BCUT2D eigenvalue weighted by Gasteiger charge is 2.20. The number of carbonyl (C=O) groups excluding carboxylic acids is 1. The van der Waals surface area contributed by atoms with E-state index < -0.39 is 0 Å². The predicted octanol–water partition coefficient (Wildman–Crippen LogP) is 5.58. The lowest BCUT2D eigenvalue weighted by atomic mass is 9.83. The summed E-state index contributed by atoms with van der Waals surface area (Å²) < 4.78 is 1.02. The summed E-state index contributed by atoms with van der Waals surface area (Å²) in [7, 11) is 0. The number of aromatic amines is 1. The smallest absolute Gasteiger partial charge is 0.165 e. The topological polar surface area (TPSA) is 32.9 Å². The summed E-state index contributed by atoms with van der Waals surface area (Å²) in [5.74, 6) is 0.637. The molecule has 2 rings (SSSR count). The summed E-state index contributed by atoms with van der Waals surface area (Å²) >= 11 is 3.45. The lowest BCUT2D eigenvalue weighted by Crippen LogP contribution is -2.14. The van der Waals surface area contributed by atoms with Crippen molar-refractivity contribution in [2.24, 2.45) is 11.3 Å². The van der Waals surface area contributed by atoms with Gasteiger partial charge >= 0.3 is 0 Å². The van der Waals surface area contributed by atoms with Crippen LogP contribution < -0.4 is 0 Å². The van der Waals surface area contributed by atoms with E-state index >= 15 is 0 Å². The first-order valence-corrected chi connectivity index (χ1v) is 7.85. The molecule has 0 spiro atoms. The van der Waals surface area contributed by atoms with Crippen LogP contribution in [0, 0.1) is 11.3 Å². The van der Waals surface area contributed by atoms with E-state index in [4.69, 9.17) is 0 Å². The Hall–Kier alpha value is -1.09. The molecule has 3 heteroatoms. The number of rotatable bonds is 4. The Bertz CT molecular complexity index is 621. The number of hydrogen-bond donors (Lipinski definition) is 1. The summed E-state index contributed by atoms with van der Waals surface area (Å²) in [4.78, 5) is 15.6. The molecule has 2 aromatic rings. The molecule has 0 aliphatic heterocycles. The van der Waals surface area contributed by atoms with E-state index in [1.807, 2.05) is 24.4 Å². The maximum atomic E-state index is 12.5. The highest BCUT2D eigenvalue weighted by molar-refractivity contribution is 9.10. The molecule has 0 bridgehead atoms. The van der Waals surface area contributed by atoms with Gasteiger partial charge in [-0.2, -0.15) is 0 Å². The highest BCUT2D eigenvalue weighted by Crippen LogP contribution is 2.28. The second kappa shape index (κ2) is 5.72. The summed E-state index contributed by atoms with van der Waals surface area (Å²) in [6.45, 7) is 8.82. The Morgan fingerprint density at radius 1 is 1.35 bits per heavy atom. The van der Waals surface area contributed by atoms with E-state index in [1.165, 1.54) is 0 Å². The monoisotopic (exact) mass is 335 g/mol. The van der Waals surface area contributed by atoms with Crippen molar-refractivity contribution in [3.63, 3.8) is 0 Å². The van der Waals surface area contributed by atoms with E-state index in [1.54, 1.807) is 0 Å². The molecule has 20 heavy (non-hydrogen) atoms. The molecule has 1 unspecified atom stereocenters. The zero-order valence-corrected chi connectivity index (χ0v) is 14.2. The van der Waals surface area contributed by atoms with Crippen molar-refractivity contribution in [1.29, 1.82) is 0 Å². The summed E-state index contributed by atoms with van der Waals surface area (Å²) in [5, 5.41) is 1.01. The van der Waals surface area contributed by atoms with Crippen molar-refractivity contribution in [3.05, 3.63) is 34.4 Å². The van der Waals surface area contributed by atoms with Crippen molar-refractivity contribution in [2.75, 3.05) is 0 Å². The van der Waals surface area contributed by atoms with Gasteiger partial charge in [-0.25, -0.2) is 0 Å². The Morgan fingerprint density at radius 2 is 2.05 bits per heavy atom. The molecule has 0 amide bonds. The van der Waals surface area contributed by atoms with Crippen molar-refractivity contribution >= 4 is 32.6 Å². The molecule has 2 nitrogen and oxygen atoms in total. The number of Topliss-reactive ketones (excluding diaryl/α,β-unsaturated/α-hetero) is 1. The molecule has 1 aromatic carbocycles. The lowest BCUT2D eigenvalue weighted by molar-refractivity contribution is 0.0956. The van der Waals surface area contributed by atoms with Crippen molar-refractivity contribution in [2.45, 2.75) is 40.5 Å². The third kappa shape index (κ3) is 3.72. The molecule has 1 aromatic heterocycles. The average Bonchev–Trinajstić information content (AvgIpc) is 2.68. The Labute approximate surface area is 129 Å². The van der Waals surface area contributed by atoms with Crippen LogP contribution in [0.4, 0.5) is 0 Å². The van der Waals surface area contributed by atoms with E-state index in [9.17, 15) is 4.79 Å². The van der Waals surface area contributed by atoms with Crippen LogP contribution in [0.5, 0.6) is 0 Å². The van der Waals surface area contributed by atoms with Gasteiger partial charge in [0.25, 0.3) is 0 Å². The number of halogens is 1. The predicted molar refractivity (Wildman–Crippen MR) is 88.2 cm³/mol. The van der Waals surface area contributed by atoms with Gasteiger partial charge in [0.2, 0.25) is 0 Å². The molecule has 1 heterocycles. The maximum absolute atomic E-state index is 12.5. The number of ketones is 1. The van der Waals surface area contributed by atoms with E-state index in [0.29, 0.717) is 12.3 Å². The second-order valence-corrected chi connectivity index (χ2v) is 7.81. The van der Waals surface area contributed by atoms with Gasteiger partial charge in [0.15, 0.2) is 5.78 Å². The minimum Gasteiger partial charge on any atom is -0.360 e. The fourth-order valence-electron chi connectivity index (χ4n) is 2.87. The van der Waals surface area contributed by atoms with Gasteiger partial charge in [-0.1, -0.05) is 49.7 Å². The normalized spacial score (nSPS) is 13.7. The molecule has 0 aliphatic rings. The lowest BCUT2D eigenvalue weighted by Gasteiger charge is -2.22. The van der Waals surface area contributed by atoms with Crippen LogP contribution in [0.2, 0.25) is 0 Å². The largest absolute Gasteiger partial charge is 0.360 e. The van der Waals surface area contributed by atoms with Crippen LogP contribution in [0.25, 0.3) is 10.9 Å². The Kier molecular flexibility index (Phi) is 4.38. The zero-order valence-electron chi connectivity index (χ0n) is 12.6. The molecule has 0 radical (unpaired) electrons. The van der Waals surface area contributed by atoms with Gasteiger partial charge in [-0.3, -0.25) is 4.79 Å². The van der Waals surface area contributed by atoms with Crippen LogP contribution in [-0.4, -0.2) is 10.8 Å². The third-order valence-electron chi connectivity index (χ3n) is 3.44. The highest BCUT2D eigenvalue weighted by atomic mass is 79.9. The zero-order chi connectivity index (χ0) is 14.9. The minimum atomic E-state index is 0.232. The summed E-state index contributed by atoms with van der Waals surface area (Å²) in [6, 6.07) is 5.98. The first-order chi connectivity index (χ1) is 9.26. The molecule has 1 atom stereocenters. The van der Waals surface area contributed by atoms with Gasteiger partial charge < -0.3 is 4.98 Å². The number of carbonyl (C=O) groups is 1. The third-order valence-corrected chi connectivity index (χ3v) is 3.93. The minimum absolute atomic E-state index is 0.232. The first kappa shape index (κ1) is 15.3. The molecular weight excluding hydrogens is 314 g/mol. The van der Waals surface area contributed by atoms with E-state index in [2.05, 4.69) is 48.6 Å². The molecule has 0 aliphatic carbocycles. The van der Waals surface area contributed by atoms with Crippen LogP contribution in [-0.2, 0) is 0 Å².